The minimum atomic E-state index is -0.337. The van der Waals surface area contributed by atoms with E-state index in [0.29, 0.717) is 41.5 Å². The first kappa shape index (κ1) is 21.2. The van der Waals surface area contributed by atoms with Crippen LogP contribution in [0.25, 0.3) is 11.5 Å². The highest BCUT2D eigenvalue weighted by atomic mass is 19.1. The number of halogens is 1. The molecular weight excluding hydrogens is 411 g/mol. The molecule has 0 aliphatic rings. The first-order valence-corrected chi connectivity index (χ1v) is 10.1. The van der Waals surface area contributed by atoms with Crippen LogP contribution in [0.15, 0.2) is 73.2 Å². The molecule has 0 bridgehead atoms. The van der Waals surface area contributed by atoms with Crippen LogP contribution >= 0.6 is 0 Å². The molecule has 0 fully saturated rings. The fourth-order valence-electron chi connectivity index (χ4n) is 3.45. The normalized spacial score (nSPS) is 10.7. The molecule has 0 aliphatic heterocycles. The molecular formula is C24H23FN4O3. The number of nitrogens with zero attached hydrogens (tertiary/aromatic N) is 3. The molecule has 1 amide bonds. The first-order valence-electron chi connectivity index (χ1n) is 10.1. The van der Waals surface area contributed by atoms with Gasteiger partial charge in [-0.25, -0.2) is 9.07 Å². The summed E-state index contributed by atoms with van der Waals surface area (Å²) in [5.74, 6) is 1.29. The van der Waals surface area contributed by atoms with E-state index in [2.05, 4.69) is 10.4 Å². The zero-order valence-corrected chi connectivity index (χ0v) is 17.8. The summed E-state index contributed by atoms with van der Waals surface area (Å²) >= 11 is 0. The summed E-state index contributed by atoms with van der Waals surface area (Å²) < 4.78 is 27.4. The molecule has 32 heavy (non-hydrogen) atoms. The van der Waals surface area contributed by atoms with E-state index in [0.717, 1.165) is 5.56 Å². The van der Waals surface area contributed by atoms with Crippen molar-refractivity contribution in [1.29, 1.82) is 0 Å². The van der Waals surface area contributed by atoms with Gasteiger partial charge in [-0.2, -0.15) is 5.10 Å². The molecule has 0 saturated carbocycles. The molecule has 0 atom stereocenters. The van der Waals surface area contributed by atoms with Gasteiger partial charge >= 0.3 is 0 Å². The SMILES string of the molecule is COc1ccc(CCNC(=O)c2cnn(-c3ccc(F)cc3)c2-n2cccc2)cc1OC. The van der Waals surface area contributed by atoms with E-state index >= 15 is 0 Å². The van der Waals surface area contributed by atoms with Crippen molar-refractivity contribution < 1.29 is 18.7 Å². The predicted molar refractivity (Wildman–Crippen MR) is 118 cm³/mol. The fraction of sp³-hybridized carbons (Fsp3) is 0.167. The highest BCUT2D eigenvalue weighted by Crippen LogP contribution is 2.27. The lowest BCUT2D eigenvalue weighted by atomic mass is 10.1. The van der Waals surface area contributed by atoms with Crippen molar-refractivity contribution in [2.24, 2.45) is 0 Å². The Hall–Kier alpha value is -4.07. The lowest BCUT2D eigenvalue weighted by Gasteiger charge is -2.12. The quantitative estimate of drug-likeness (QED) is 0.458. The van der Waals surface area contributed by atoms with Gasteiger partial charge in [0.15, 0.2) is 17.3 Å². The van der Waals surface area contributed by atoms with Gasteiger partial charge in [0.05, 0.1) is 26.1 Å². The van der Waals surface area contributed by atoms with Crippen LogP contribution in [0, 0.1) is 5.82 Å². The highest BCUT2D eigenvalue weighted by Gasteiger charge is 2.19. The monoisotopic (exact) mass is 434 g/mol. The van der Waals surface area contributed by atoms with Crippen molar-refractivity contribution in [1.82, 2.24) is 19.7 Å². The highest BCUT2D eigenvalue weighted by molar-refractivity contribution is 5.97. The second kappa shape index (κ2) is 9.38. The van der Waals surface area contributed by atoms with Crippen molar-refractivity contribution in [2.75, 3.05) is 20.8 Å². The third-order valence-corrected chi connectivity index (χ3v) is 5.06. The molecule has 7 nitrogen and oxygen atoms in total. The minimum absolute atomic E-state index is 0.248. The molecule has 0 spiro atoms. The van der Waals surface area contributed by atoms with Crippen molar-refractivity contribution in [3.63, 3.8) is 0 Å². The van der Waals surface area contributed by atoms with Gasteiger partial charge in [-0.3, -0.25) is 4.79 Å². The Bertz CT molecular complexity index is 1200. The van der Waals surface area contributed by atoms with E-state index in [-0.39, 0.29) is 11.7 Å². The average Bonchev–Trinajstić information content (AvgIpc) is 3.49. The number of carbonyl (C=O) groups excluding carboxylic acids is 1. The second-order valence-corrected chi connectivity index (χ2v) is 7.06. The van der Waals surface area contributed by atoms with E-state index in [1.165, 1.54) is 18.3 Å². The molecule has 2 aromatic carbocycles. The fourth-order valence-corrected chi connectivity index (χ4v) is 3.45. The van der Waals surface area contributed by atoms with Crippen LogP contribution in [0.1, 0.15) is 15.9 Å². The molecule has 4 rings (SSSR count). The number of aromatic nitrogens is 3. The summed E-state index contributed by atoms with van der Waals surface area (Å²) in [6, 6.07) is 15.4. The van der Waals surface area contributed by atoms with Crippen molar-refractivity contribution in [2.45, 2.75) is 6.42 Å². The van der Waals surface area contributed by atoms with Gasteiger partial charge in [0, 0.05) is 18.9 Å². The number of benzene rings is 2. The summed E-state index contributed by atoms with van der Waals surface area (Å²) in [4.78, 5) is 13.0. The Balaban J connectivity index is 1.53. The lowest BCUT2D eigenvalue weighted by molar-refractivity contribution is 0.0954. The number of hydrogen-bond acceptors (Lipinski definition) is 4. The molecule has 2 heterocycles. The van der Waals surface area contributed by atoms with Crippen LogP contribution in [0.4, 0.5) is 4.39 Å². The smallest absolute Gasteiger partial charge is 0.256 e. The molecule has 2 aromatic heterocycles. The number of methoxy groups -OCH3 is 2. The minimum Gasteiger partial charge on any atom is -0.493 e. The van der Waals surface area contributed by atoms with Crippen molar-refractivity contribution in [3.05, 3.63) is 90.1 Å². The molecule has 0 aliphatic carbocycles. The van der Waals surface area contributed by atoms with Crippen LogP contribution in [0.3, 0.4) is 0 Å². The first-order chi connectivity index (χ1) is 15.6. The number of carbonyl (C=O) groups is 1. The summed E-state index contributed by atoms with van der Waals surface area (Å²) in [6.45, 7) is 0.432. The molecule has 4 aromatic rings. The Morgan fingerprint density at radius 1 is 1.03 bits per heavy atom. The van der Waals surface area contributed by atoms with E-state index in [1.807, 2.05) is 42.7 Å². The van der Waals surface area contributed by atoms with Gasteiger partial charge in [-0.1, -0.05) is 6.07 Å². The Labute approximate surface area is 185 Å². The average molecular weight is 434 g/mol. The zero-order valence-electron chi connectivity index (χ0n) is 17.8. The van der Waals surface area contributed by atoms with E-state index in [1.54, 1.807) is 35.6 Å². The Morgan fingerprint density at radius 3 is 2.44 bits per heavy atom. The lowest BCUT2D eigenvalue weighted by Crippen LogP contribution is -2.26. The van der Waals surface area contributed by atoms with Crippen LogP contribution < -0.4 is 14.8 Å². The number of ether oxygens (including phenoxy) is 2. The summed E-state index contributed by atoms with van der Waals surface area (Å²) in [7, 11) is 3.18. The van der Waals surface area contributed by atoms with Gasteiger partial charge in [0.1, 0.15) is 11.4 Å². The maximum Gasteiger partial charge on any atom is 0.256 e. The molecule has 0 radical (unpaired) electrons. The number of rotatable bonds is 8. The topological polar surface area (TPSA) is 70.3 Å². The van der Waals surface area contributed by atoms with Gasteiger partial charge < -0.3 is 19.4 Å². The number of amides is 1. The molecule has 0 unspecified atom stereocenters. The van der Waals surface area contributed by atoms with Crippen molar-refractivity contribution in [3.8, 4) is 23.0 Å². The van der Waals surface area contributed by atoms with Crippen LogP contribution in [0.2, 0.25) is 0 Å². The maximum atomic E-state index is 13.4. The van der Waals surface area contributed by atoms with E-state index < -0.39 is 0 Å². The standard InChI is InChI=1S/C24H23FN4O3/c1-31-21-10-5-17(15-22(21)32-2)11-12-26-23(30)20-16-27-29(19-8-6-18(25)7-9-19)24(20)28-13-3-4-14-28/h3-10,13-16H,11-12H2,1-2H3,(H,26,30). The number of hydrogen-bond donors (Lipinski definition) is 1. The Morgan fingerprint density at radius 2 is 1.75 bits per heavy atom. The van der Waals surface area contributed by atoms with Crippen LogP contribution in [-0.2, 0) is 6.42 Å². The summed E-state index contributed by atoms with van der Waals surface area (Å²) in [6.07, 6.45) is 5.80. The molecule has 164 valence electrons. The van der Waals surface area contributed by atoms with Crippen LogP contribution in [-0.4, -0.2) is 41.0 Å². The third-order valence-electron chi connectivity index (χ3n) is 5.06. The third kappa shape index (κ3) is 4.34. The summed E-state index contributed by atoms with van der Waals surface area (Å²) in [5.41, 5.74) is 2.08. The zero-order chi connectivity index (χ0) is 22.5. The van der Waals surface area contributed by atoms with Gasteiger partial charge in [-0.05, 0) is 60.5 Å². The van der Waals surface area contributed by atoms with Gasteiger partial charge in [0.25, 0.3) is 5.91 Å². The summed E-state index contributed by atoms with van der Waals surface area (Å²) in [5, 5.41) is 7.34. The predicted octanol–water partition coefficient (Wildman–Crippen LogP) is 3.79. The maximum absolute atomic E-state index is 13.4. The van der Waals surface area contributed by atoms with Crippen molar-refractivity contribution >= 4 is 5.91 Å². The molecule has 0 saturated heterocycles. The van der Waals surface area contributed by atoms with Crippen LogP contribution in [0.5, 0.6) is 11.5 Å². The van der Waals surface area contributed by atoms with E-state index in [9.17, 15) is 9.18 Å². The molecule has 8 heteroatoms. The second-order valence-electron chi connectivity index (χ2n) is 7.06. The molecule has 1 N–H and O–H groups in total. The van der Waals surface area contributed by atoms with Gasteiger partial charge in [0.2, 0.25) is 0 Å². The van der Waals surface area contributed by atoms with Gasteiger partial charge in [-0.15, -0.1) is 0 Å². The van der Waals surface area contributed by atoms with E-state index in [4.69, 9.17) is 9.47 Å². The number of nitrogens with one attached hydrogen (secondary N) is 1. The largest absolute Gasteiger partial charge is 0.493 e. The Kier molecular flexibility index (Phi) is 6.21.